The van der Waals surface area contributed by atoms with Gasteiger partial charge in [-0.25, -0.2) is 4.98 Å². The maximum Gasteiger partial charge on any atom is 0.107 e. The summed E-state index contributed by atoms with van der Waals surface area (Å²) < 4.78 is 1.89. The van der Waals surface area contributed by atoms with Crippen molar-refractivity contribution in [2.75, 3.05) is 0 Å². The molecule has 1 aromatic carbocycles. The van der Waals surface area contributed by atoms with Gasteiger partial charge >= 0.3 is 0 Å². The van der Waals surface area contributed by atoms with E-state index in [0.29, 0.717) is 5.92 Å². The molecule has 0 bridgehead atoms. The summed E-state index contributed by atoms with van der Waals surface area (Å²) in [6.07, 6.45) is 2.10. The summed E-state index contributed by atoms with van der Waals surface area (Å²) >= 11 is 1.70. The first-order chi connectivity index (χ1) is 11.1. The first-order valence-corrected chi connectivity index (χ1v) is 8.74. The lowest BCUT2D eigenvalue weighted by Gasteiger charge is -2.05. The Morgan fingerprint density at radius 1 is 1.17 bits per heavy atom. The fourth-order valence-corrected chi connectivity index (χ4v) is 3.39. The summed E-state index contributed by atoms with van der Waals surface area (Å²) in [5.74, 6) is 0.442. The van der Waals surface area contributed by atoms with E-state index >= 15 is 0 Å². The summed E-state index contributed by atoms with van der Waals surface area (Å²) in [4.78, 5) is 4.71. The van der Waals surface area contributed by atoms with E-state index in [1.807, 2.05) is 29.9 Å². The maximum atomic E-state index is 4.71. The van der Waals surface area contributed by atoms with Gasteiger partial charge in [0.2, 0.25) is 0 Å². The van der Waals surface area contributed by atoms with E-state index in [0.717, 1.165) is 23.8 Å². The second-order valence-electron chi connectivity index (χ2n) is 5.96. The first kappa shape index (κ1) is 15.9. The number of aromatic nitrogens is 3. The minimum Gasteiger partial charge on any atom is -0.306 e. The summed E-state index contributed by atoms with van der Waals surface area (Å²) in [7, 11) is 1.97. The normalized spacial score (nSPS) is 11.3. The Kier molecular flexibility index (Phi) is 4.88. The van der Waals surface area contributed by atoms with Gasteiger partial charge in [0.25, 0.3) is 0 Å². The van der Waals surface area contributed by atoms with Gasteiger partial charge in [0, 0.05) is 42.8 Å². The monoisotopic (exact) mass is 326 g/mol. The number of nitrogens with zero attached hydrogens (tertiary/aromatic N) is 3. The Bertz CT molecular complexity index is 758. The Morgan fingerprint density at radius 3 is 2.70 bits per heavy atom. The molecule has 1 N–H and O–H groups in total. The number of thiazole rings is 1. The van der Waals surface area contributed by atoms with Crippen molar-refractivity contribution in [2.45, 2.75) is 32.9 Å². The highest BCUT2D eigenvalue weighted by atomic mass is 32.1. The van der Waals surface area contributed by atoms with E-state index in [2.05, 4.69) is 48.0 Å². The highest BCUT2D eigenvalue weighted by Crippen LogP contribution is 2.22. The lowest BCUT2D eigenvalue weighted by molar-refractivity contribution is 0.675. The average molecular weight is 326 g/mol. The molecule has 120 valence electrons. The van der Waals surface area contributed by atoms with Gasteiger partial charge in [0.05, 0.1) is 11.4 Å². The van der Waals surface area contributed by atoms with Gasteiger partial charge in [-0.3, -0.25) is 4.68 Å². The average Bonchev–Trinajstić information content (AvgIpc) is 3.15. The van der Waals surface area contributed by atoms with Crippen molar-refractivity contribution >= 4 is 11.3 Å². The molecule has 0 radical (unpaired) electrons. The molecule has 0 saturated carbocycles. The van der Waals surface area contributed by atoms with Crippen LogP contribution >= 0.6 is 11.3 Å². The van der Waals surface area contributed by atoms with Crippen molar-refractivity contribution < 1.29 is 0 Å². The van der Waals surface area contributed by atoms with E-state index in [1.165, 1.54) is 16.8 Å². The van der Waals surface area contributed by atoms with Gasteiger partial charge in [0.15, 0.2) is 0 Å². The number of rotatable bonds is 6. The molecule has 0 aliphatic rings. The summed E-state index contributed by atoms with van der Waals surface area (Å²) in [6.45, 7) is 5.96. The lowest BCUT2D eigenvalue weighted by atomic mass is 10.1. The Labute approximate surface area is 141 Å². The summed E-state index contributed by atoms with van der Waals surface area (Å²) in [5, 5.41) is 11.3. The molecule has 0 fully saturated rings. The fourth-order valence-electron chi connectivity index (χ4n) is 2.61. The molecule has 3 rings (SSSR count). The lowest BCUT2D eigenvalue weighted by Crippen LogP contribution is -2.13. The topological polar surface area (TPSA) is 42.7 Å². The summed E-state index contributed by atoms with van der Waals surface area (Å²) in [5.41, 5.74) is 4.66. The molecule has 0 aliphatic heterocycles. The number of aryl methyl sites for hydroxylation is 1. The van der Waals surface area contributed by atoms with Crippen LogP contribution in [0, 0.1) is 0 Å². The second-order valence-corrected chi connectivity index (χ2v) is 6.91. The van der Waals surface area contributed by atoms with Crippen LogP contribution in [0.2, 0.25) is 0 Å². The van der Waals surface area contributed by atoms with E-state index in [1.54, 1.807) is 11.3 Å². The molecule has 4 nitrogen and oxygen atoms in total. The Balaban J connectivity index is 1.61. The van der Waals surface area contributed by atoms with Crippen LogP contribution in [-0.4, -0.2) is 14.8 Å². The van der Waals surface area contributed by atoms with Crippen LogP contribution in [0.25, 0.3) is 11.3 Å². The van der Waals surface area contributed by atoms with Gasteiger partial charge < -0.3 is 5.32 Å². The van der Waals surface area contributed by atoms with Gasteiger partial charge in [-0.2, -0.15) is 5.10 Å². The smallest absolute Gasteiger partial charge is 0.107 e. The predicted molar refractivity (Wildman–Crippen MR) is 95.4 cm³/mol. The molecule has 0 atom stereocenters. The van der Waals surface area contributed by atoms with Crippen LogP contribution in [0.15, 0.2) is 41.9 Å². The fraction of sp³-hybridized carbons (Fsp3) is 0.333. The number of nitrogens with one attached hydrogen (secondary N) is 1. The highest BCUT2D eigenvalue weighted by molar-refractivity contribution is 7.09. The first-order valence-electron chi connectivity index (χ1n) is 7.86. The molecule has 0 amide bonds. The molecule has 0 aliphatic carbocycles. The molecule has 2 aromatic heterocycles. The Hall–Kier alpha value is -1.98. The van der Waals surface area contributed by atoms with E-state index in [9.17, 15) is 0 Å². The minimum absolute atomic E-state index is 0.442. The zero-order valence-electron chi connectivity index (χ0n) is 13.8. The SMILES string of the molecule is CC(C)c1nn(C)cc1CNCc1nc(-c2ccccc2)cs1. The van der Waals surface area contributed by atoms with Crippen molar-refractivity contribution in [1.29, 1.82) is 0 Å². The quantitative estimate of drug-likeness (QED) is 0.745. The molecule has 23 heavy (non-hydrogen) atoms. The van der Waals surface area contributed by atoms with Crippen LogP contribution in [0.1, 0.15) is 36.0 Å². The highest BCUT2D eigenvalue weighted by Gasteiger charge is 2.11. The molecule has 0 saturated heterocycles. The molecule has 5 heteroatoms. The summed E-state index contributed by atoms with van der Waals surface area (Å²) in [6, 6.07) is 10.3. The van der Waals surface area contributed by atoms with Crippen molar-refractivity contribution in [3.63, 3.8) is 0 Å². The maximum absolute atomic E-state index is 4.71. The third-order valence-electron chi connectivity index (χ3n) is 3.70. The third-order valence-corrected chi connectivity index (χ3v) is 4.55. The van der Waals surface area contributed by atoms with E-state index in [4.69, 9.17) is 4.98 Å². The van der Waals surface area contributed by atoms with Gasteiger partial charge in [0.1, 0.15) is 5.01 Å². The van der Waals surface area contributed by atoms with Crippen molar-refractivity contribution in [3.05, 3.63) is 58.2 Å². The third kappa shape index (κ3) is 3.86. The van der Waals surface area contributed by atoms with Gasteiger partial charge in [-0.1, -0.05) is 44.2 Å². The Morgan fingerprint density at radius 2 is 1.96 bits per heavy atom. The van der Waals surface area contributed by atoms with Gasteiger partial charge in [-0.05, 0) is 5.92 Å². The number of benzene rings is 1. The second kappa shape index (κ2) is 7.06. The molecule has 0 spiro atoms. The van der Waals surface area contributed by atoms with Crippen LogP contribution in [0.5, 0.6) is 0 Å². The van der Waals surface area contributed by atoms with Crippen molar-refractivity contribution in [1.82, 2.24) is 20.1 Å². The number of hydrogen-bond donors (Lipinski definition) is 1. The van der Waals surface area contributed by atoms with E-state index in [-0.39, 0.29) is 0 Å². The predicted octanol–water partition coefficient (Wildman–Crippen LogP) is 3.96. The zero-order chi connectivity index (χ0) is 16.2. The molecule has 0 unspecified atom stereocenters. The minimum atomic E-state index is 0.442. The standard InChI is InChI=1S/C18H22N4S/c1-13(2)18-15(11-22(3)21-18)9-19-10-17-20-16(12-23-17)14-7-5-4-6-8-14/h4-8,11-13,19H,9-10H2,1-3H3. The zero-order valence-corrected chi connectivity index (χ0v) is 14.6. The van der Waals surface area contributed by atoms with Crippen LogP contribution in [-0.2, 0) is 20.1 Å². The van der Waals surface area contributed by atoms with Crippen LogP contribution < -0.4 is 5.32 Å². The largest absolute Gasteiger partial charge is 0.306 e. The van der Waals surface area contributed by atoms with Crippen LogP contribution in [0.3, 0.4) is 0 Å². The molecular weight excluding hydrogens is 304 g/mol. The van der Waals surface area contributed by atoms with Gasteiger partial charge in [-0.15, -0.1) is 11.3 Å². The number of hydrogen-bond acceptors (Lipinski definition) is 4. The van der Waals surface area contributed by atoms with Crippen molar-refractivity contribution in [2.24, 2.45) is 7.05 Å². The molecule has 2 heterocycles. The van der Waals surface area contributed by atoms with Crippen LogP contribution in [0.4, 0.5) is 0 Å². The van der Waals surface area contributed by atoms with E-state index < -0.39 is 0 Å². The molecule has 3 aromatic rings. The molecular formula is C18H22N4S. The van der Waals surface area contributed by atoms with Crippen molar-refractivity contribution in [3.8, 4) is 11.3 Å².